The maximum atomic E-state index is 11.0. The van der Waals surface area contributed by atoms with Crippen molar-refractivity contribution in [1.82, 2.24) is 0 Å². The molecule has 4 heteroatoms. The molecule has 1 rings (SSSR count). The molecule has 0 heterocycles. The van der Waals surface area contributed by atoms with Gasteiger partial charge in [-0.2, -0.15) is 0 Å². The van der Waals surface area contributed by atoms with E-state index in [1.807, 2.05) is 30.4 Å². The maximum Gasteiger partial charge on any atom is 0.305 e. The average Bonchev–Trinajstić information content (AvgIpc) is 3.30. The highest BCUT2D eigenvalue weighted by Crippen LogP contribution is 2.31. The quantitative estimate of drug-likeness (QED) is 0.0588. The molecular weight excluding hydrogens is 484 g/mol. The summed E-state index contributed by atoms with van der Waals surface area (Å²) in [6, 6.07) is 0. The maximum absolute atomic E-state index is 11.0. The minimum atomic E-state index is -0.723. The van der Waals surface area contributed by atoms with Crippen LogP contribution in [0.15, 0.2) is 72.9 Å². The summed E-state index contributed by atoms with van der Waals surface area (Å²) in [6.07, 6.45) is 42.2. The molecule has 2 N–H and O–H groups in total. The lowest BCUT2D eigenvalue weighted by Crippen LogP contribution is -2.22. The van der Waals surface area contributed by atoms with Crippen LogP contribution >= 0.6 is 0 Å². The van der Waals surface area contributed by atoms with Crippen molar-refractivity contribution in [2.45, 2.75) is 128 Å². The molecule has 0 aliphatic heterocycles. The number of allylic oxidation sites excluding steroid dienone is 8. The zero-order valence-electron chi connectivity index (χ0n) is 24.8. The van der Waals surface area contributed by atoms with Gasteiger partial charge in [0.25, 0.3) is 0 Å². The Morgan fingerprint density at radius 3 is 2.28 bits per heavy atom. The molecule has 0 aromatic heterocycles. The van der Waals surface area contributed by atoms with Crippen molar-refractivity contribution in [3.8, 4) is 0 Å². The van der Waals surface area contributed by atoms with Gasteiger partial charge in [-0.1, -0.05) is 131 Å². The van der Waals surface area contributed by atoms with Gasteiger partial charge in [-0.25, -0.2) is 0 Å². The van der Waals surface area contributed by atoms with Crippen LogP contribution in [0.4, 0.5) is 0 Å². The molecule has 0 amide bonds. The third-order valence-electron chi connectivity index (χ3n) is 7.13. The number of carbonyl (C=O) groups excluding carboxylic acids is 1. The third kappa shape index (κ3) is 20.4. The Balaban J connectivity index is 1.95. The van der Waals surface area contributed by atoms with Crippen LogP contribution in [-0.4, -0.2) is 35.0 Å². The largest absolute Gasteiger partial charge is 0.469 e. The van der Waals surface area contributed by atoms with Gasteiger partial charge in [-0.3, -0.25) is 4.79 Å². The summed E-state index contributed by atoms with van der Waals surface area (Å²) in [4.78, 5) is 11.0. The Bertz CT molecular complexity index is 788. The predicted molar refractivity (Wildman–Crippen MR) is 165 cm³/mol. The summed E-state index contributed by atoms with van der Waals surface area (Å²) in [7, 11) is 1.45. The van der Waals surface area contributed by atoms with Crippen LogP contribution in [0.2, 0.25) is 0 Å². The van der Waals surface area contributed by atoms with Crippen molar-refractivity contribution in [3.05, 3.63) is 72.9 Å². The van der Waals surface area contributed by atoms with E-state index in [1.54, 1.807) is 0 Å². The summed E-state index contributed by atoms with van der Waals surface area (Å²) in [5.41, 5.74) is -0.723. The SMILES string of the molecule is CC/C=C\C[C@]1(O)C=CC(/C=C/C=C/C(O)C/C=C\C/C=C\CCCCCCCCCCCCC(=O)OC)C1. The second-order valence-corrected chi connectivity index (χ2v) is 10.8. The Kier molecular flexibility index (Phi) is 21.2. The Hall–Kier alpha value is -2.17. The minimum absolute atomic E-state index is 0.0886. The summed E-state index contributed by atoms with van der Waals surface area (Å²) < 4.78 is 4.66. The van der Waals surface area contributed by atoms with E-state index < -0.39 is 11.7 Å². The second-order valence-electron chi connectivity index (χ2n) is 10.8. The van der Waals surface area contributed by atoms with Crippen LogP contribution in [0.3, 0.4) is 0 Å². The van der Waals surface area contributed by atoms with Crippen LogP contribution in [0.25, 0.3) is 0 Å². The molecule has 0 aromatic carbocycles. The van der Waals surface area contributed by atoms with E-state index in [0.29, 0.717) is 25.7 Å². The number of unbranched alkanes of at least 4 members (excludes halogenated alkanes) is 10. The molecule has 1 aliphatic rings. The molecule has 39 heavy (non-hydrogen) atoms. The zero-order chi connectivity index (χ0) is 28.4. The smallest absolute Gasteiger partial charge is 0.305 e. The molecule has 0 spiro atoms. The molecule has 0 saturated heterocycles. The van der Waals surface area contributed by atoms with E-state index in [2.05, 4.69) is 54.2 Å². The highest BCUT2D eigenvalue weighted by Gasteiger charge is 2.29. The van der Waals surface area contributed by atoms with Crippen LogP contribution in [0, 0.1) is 5.92 Å². The lowest BCUT2D eigenvalue weighted by Gasteiger charge is -2.19. The van der Waals surface area contributed by atoms with Gasteiger partial charge in [-0.15, -0.1) is 0 Å². The van der Waals surface area contributed by atoms with Gasteiger partial charge in [0, 0.05) is 6.42 Å². The molecule has 0 saturated carbocycles. The van der Waals surface area contributed by atoms with Crippen molar-refractivity contribution in [3.63, 3.8) is 0 Å². The first-order chi connectivity index (χ1) is 19.0. The number of methoxy groups -OCH3 is 1. The molecule has 0 radical (unpaired) electrons. The van der Waals surface area contributed by atoms with E-state index >= 15 is 0 Å². The number of esters is 1. The second kappa shape index (κ2) is 23.7. The number of hydrogen-bond donors (Lipinski definition) is 2. The molecule has 4 nitrogen and oxygen atoms in total. The number of carbonyl (C=O) groups is 1. The molecule has 0 bridgehead atoms. The number of hydrogen-bond acceptors (Lipinski definition) is 4. The molecule has 2 unspecified atom stereocenters. The lowest BCUT2D eigenvalue weighted by molar-refractivity contribution is -0.140. The highest BCUT2D eigenvalue weighted by molar-refractivity contribution is 5.68. The standard InChI is InChI=1S/C35H56O4/c1-3-4-23-29-35(38)30-28-32(31-35)24-21-22-26-33(36)25-19-17-15-13-11-9-7-5-6-8-10-12-14-16-18-20-27-34(37)39-2/h4,11,13,17,19,21-24,26,28,30,32-33,36,38H,3,5-10,12,14-16,18,20,25,27,29,31H2,1-2H3/b13-11-,19-17-,23-4-,24-21+,26-22+/t32?,33?,35-/m0/s1. The van der Waals surface area contributed by atoms with Gasteiger partial charge in [0.1, 0.15) is 0 Å². The minimum Gasteiger partial charge on any atom is -0.469 e. The van der Waals surface area contributed by atoms with Crippen molar-refractivity contribution < 1.29 is 19.7 Å². The van der Waals surface area contributed by atoms with Crippen LogP contribution in [0.1, 0.15) is 116 Å². The van der Waals surface area contributed by atoms with Crippen molar-refractivity contribution >= 4 is 5.97 Å². The van der Waals surface area contributed by atoms with Crippen molar-refractivity contribution in [2.75, 3.05) is 7.11 Å². The Morgan fingerprint density at radius 1 is 0.923 bits per heavy atom. The summed E-state index contributed by atoms with van der Waals surface area (Å²) in [6.45, 7) is 2.10. The van der Waals surface area contributed by atoms with E-state index in [-0.39, 0.29) is 11.9 Å². The molecule has 220 valence electrons. The van der Waals surface area contributed by atoms with Crippen LogP contribution < -0.4 is 0 Å². The van der Waals surface area contributed by atoms with Gasteiger partial charge < -0.3 is 14.9 Å². The summed E-state index contributed by atoms with van der Waals surface area (Å²) >= 11 is 0. The van der Waals surface area contributed by atoms with Crippen molar-refractivity contribution in [2.24, 2.45) is 5.92 Å². The van der Waals surface area contributed by atoms with Gasteiger partial charge in [0.2, 0.25) is 0 Å². The van der Waals surface area contributed by atoms with Gasteiger partial charge in [0.05, 0.1) is 18.8 Å². The molecule has 0 aromatic rings. The first-order valence-corrected chi connectivity index (χ1v) is 15.5. The molecule has 0 fully saturated rings. The summed E-state index contributed by atoms with van der Waals surface area (Å²) in [5, 5.41) is 20.7. The average molecular weight is 541 g/mol. The van der Waals surface area contributed by atoms with E-state index in [4.69, 9.17) is 0 Å². The first-order valence-electron chi connectivity index (χ1n) is 15.5. The normalized spacial score (nSPS) is 20.6. The van der Waals surface area contributed by atoms with E-state index in [0.717, 1.165) is 32.1 Å². The first kappa shape index (κ1) is 34.9. The molecule has 1 aliphatic carbocycles. The highest BCUT2D eigenvalue weighted by atomic mass is 16.5. The summed E-state index contributed by atoms with van der Waals surface area (Å²) in [5.74, 6) is 0.153. The number of aliphatic hydroxyl groups excluding tert-OH is 1. The fourth-order valence-electron chi connectivity index (χ4n) is 4.73. The number of rotatable bonds is 23. The monoisotopic (exact) mass is 540 g/mol. The molecule has 3 atom stereocenters. The van der Waals surface area contributed by atoms with Gasteiger partial charge >= 0.3 is 5.97 Å². The number of ether oxygens (including phenoxy) is 1. The van der Waals surface area contributed by atoms with Crippen LogP contribution in [0.5, 0.6) is 0 Å². The predicted octanol–water partition coefficient (Wildman–Crippen LogP) is 8.87. The zero-order valence-corrected chi connectivity index (χ0v) is 24.8. The molecular formula is C35H56O4. The van der Waals surface area contributed by atoms with E-state index in [1.165, 1.54) is 58.5 Å². The lowest BCUT2D eigenvalue weighted by atomic mass is 9.95. The number of aliphatic hydroxyl groups is 2. The Labute approximate surface area is 239 Å². The third-order valence-corrected chi connectivity index (χ3v) is 7.13. The van der Waals surface area contributed by atoms with Gasteiger partial charge in [-0.05, 0) is 57.3 Å². The van der Waals surface area contributed by atoms with Crippen LogP contribution in [-0.2, 0) is 9.53 Å². The Morgan fingerprint density at radius 2 is 1.59 bits per heavy atom. The fraction of sp³-hybridized carbons (Fsp3) is 0.629. The fourth-order valence-corrected chi connectivity index (χ4v) is 4.73. The topological polar surface area (TPSA) is 66.8 Å². The van der Waals surface area contributed by atoms with Crippen molar-refractivity contribution in [1.29, 1.82) is 0 Å². The van der Waals surface area contributed by atoms with E-state index in [9.17, 15) is 15.0 Å². The van der Waals surface area contributed by atoms with Gasteiger partial charge in [0.15, 0.2) is 0 Å².